The molecule has 9 nitrogen and oxygen atoms in total. The molecule has 0 amide bonds. The third-order valence-electron chi connectivity index (χ3n) is 6.94. The van der Waals surface area contributed by atoms with Crippen LogP contribution in [0, 0.1) is 12.7 Å². The van der Waals surface area contributed by atoms with E-state index >= 15 is 4.39 Å². The number of pyridine rings is 1. The molecule has 5 aromatic rings. The molecule has 0 radical (unpaired) electrons. The third-order valence-corrected chi connectivity index (χ3v) is 9.32. The van der Waals surface area contributed by atoms with Crippen molar-refractivity contribution in [2.24, 2.45) is 0 Å². The molecule has 3 aromatic carbocycles. The van der Waals surface area contributed by atoms with E-state index in [9.17, 15) is 8.42 Å². The first-order chi connectivity index (χ1) is 20.8. The first kappa shape index (κ1) is 29.0. The number of aromatic nitrogens is 3. The zero-order valence-corrected chi connectivity index (χ0v) is 25.3. The smallest absolute Gasteiger partial charge is 0.266 e. The van der Waals surface area contributed by atoms with Crippen LogP contribution >= 0.6 is 22.9 Å². The zero-order chi connectivity index (χ0) is 30.0. The fourth-order valence-corrected chi connectivity index (χ4v) is 6.77. The van der Waals surface area contributed by atoms with Crippen molar-refractivity contribution in [1.82, 2.24) is 20.5 Å². The number of halogens is 2. The van der Waals surface area contributed by atoms with Gasteiger partial charge in [0, 0.05) is 44.0 Å². The molecule has 2 N–H and O–H groups in total. The molecule has 43 heavy (non-hydrogen) atoms. The van der Waals surface area contributed by atoms with E-state index in [-0.39, 0.29) is 15.9 Å². The van der Waals surface area contributed by atoms with Crippen LogP contribution in [0.15, 0.2) is 83.3 Å². The van der Waals surface area contributed by atoms with Gasteiger partial charge in [0.15, 0.2) is 0 Å². The fraction of sp³-hybridized carbons (Fsp3) is 0.167. The van der Waals surface area contributed by atoms with E-state index in [2.05, 4.69) is 42.3 Å². The molecule has 3 heterocycles. The lowest BCUT2D eigenvalue weighted by molar-refractivity contribution is 0.475. The molecule has 13 heteroatoms. The predicted octanol–water partition coefficient (Wildman–Crippen LogP) is 6.37. The number of rotatable bonds is 8. The highest BCUT2D eigenvalue weighted by Gasteiger charge is 2.24. The lowest BCUT2D eigenvalue weighted by atomic mass is 9.98. The summed E-state index contributed by atoms with van der Waals surface area (Å²) in [5.74, 6) is 0.193. The van der Waals surface area contributed by atoms with Gasteiger partial charge in [-0.1, -0.05) is 58.8 Å². The Morgan fingerprint density at radius 3 is 2.49 bits per heavy atom. The molecule has 0 unspecified atom stereocenters. The van der Waals surface area contributed by atoms with Crippen molar-refractivity contribution in [3.05, 3.63) is 94.8 Å². The van der Waals surface area contributed by atoms with Crippen molar-refractivity contribution in [2.45, 2.75) is 11.8 Å². The highest BCUT2D eigenvalue weighted by Crippen LogP contribution is 2.40. The third kappa shape index (κ3) is 6.47. The molecule has 0 atom stereocenters. The number of benzene rings is 3. The van der Waals surface area contributed by atoms with Crippen LogP contribution in [-0.2, 0) is 10.0 Å². The summed E-state index contributed by atoms with van der Waals surface area (Å²) in [6.45, 7) is 5.44. The number of ether oxygens (including phenoxy) is 1. The van der Waals surface area contributed by atoms with Crippen molar-refractivity contribution in [2.75, 3.05) is 35.8 Å². The zero-order valence-electron chi connectivity index (χ0n) is 22.9. The molecule has 0 spiro atoms. The van der Waals surface area contributed by atoms with Gasteiger partial charge in [0.1, 0.15) is 33.5 Å². The molecular formula is C30H26ClFN6O3S2. The molecule has 6 rings (SSSR count). The van der Waals surface area contributed by atoms with Crippen molar-refractivity contribution in [1.29, 1.82) is 0 Å². The van der Waals surface area contributed by atoms with Crippen LogP contribution in [0.3, 0.4) is 0 Å². The maximum atomic E-state index is 15.2. The van der Waals surface area contributed by atoms with E-state index in [1.807, 2.05) is 43.3 Å². The molecular weight excluding hydrogens is 611 g/mol. The van der Waals surface area contributed by atoms with E-state index in [1.54, 1.807) is 12.3 Å². The van der Waals surface area contributed by atoms with Crippen molar-refractivity contribution in [3.63, 3.8) is 0 Å². The Labute approximate surface area is 257 Å². The van der Waals surface area contributed by atoms with Crippen LogP contribution in [-0.4, -0.2) is 49.8 Å². The van der Waals surface area contributed by atoms with Gasteiger partial charge in [0.05, 0.1) is 5.02 Å². The standard InChI is InChI=1S/C30H26ClFN6O3S2/c1-19-2-4-20(5-3-19)21-6-7-26(23(14-21)22-8-9-34-29(15-22)38-12-10-33-11-13-38)41-27-17-25(32)28(16-24(27)31)43(39,40)37-30-36-35-18-42-30/h2-9,14-18,33H,10-13H2,1H3,(H,36,37). The van der Waals surface area contributed by atoms with Gasteiger partial charge in [0.2, 0.25) is 5.13 Å². The number of aryl methyl sites for hydroxylation is 1. The van der Waals surface area contributed by atoms with E-state index < -0.39 is 20.7 Å². The largest absolute Gasteiger partial charge is 0.455 e. The molecule has 1 aliphatic rings. The average Bonchev–Trinajstić information content (AvgIpc) is 3.52. The number of anilines is 2. The summed E-state index contributed by atoms with van der Waals surface area (Å²) in [4.78, 5) is 6.17. The summed E-state index contributed by atoms with van der Waals surface area (Å²) in [5, 5.41) is 10.5. The van der Waals surface area contributed by atoms with Crippen LogP contribution in [0.25, 0.3) is 22.3 Å². The molecule has 0 aliphatic carbocycles. The van der Waals surface area contributed by atoms with Gasteiger partial charge in [-0.05, 0) is 53.9 Å². The van der Waals surface area contributed by atoms with Crippen molar-refractivity contribution < 1.29 is 17.5 Å². The molecule has 0 saturated carbocycles. The van der Waals surface area contributed by atoms with Gasteiger partial charge >= 0.3 is 0 Å². The maximum Gasteiger partial charge on any atom is 0.266 e. The van der Waals surface area contributed by atoms with Crippen LogP contribution in [0.5, 0.6) is 11.5 Å². The minimum Gasteiger partial charge on any atom is -0.455 e. The van der Waals surface area contributed by atoms with E-state index in [1.165, 1.54) is 5.51 Å². The normalized spacial score (nSPS) is 13.6. The second-order valence-corrected chi connectivity index (χ2v) is 12.8. The number of hydrogen-bond donors (Lipinski definition) is 2. The van der Waals surface area contributed by atoms with Crippen LogP contribution in [0.4, 0.5) is 15.3 Å². The van der Waals surface area contributed by atoms with Crippen molar-refractivity contribution >= 4 is 43.9 Å². The molecule has 2 aromatic heterocycles. The Morgan fingerprint density at radius 1 is 0.977 bits per heavy atom. The van der Waals surface area contributed by atoms with Gasteiger partial charge in [0.25, 0.3) is 10.0 Å². The quantitative estimate of drug-likeness (QED) is 0.202. The van der Waals surface area contributed by atoms with Gasteiger partial charge in [-0.15, -0.1) is 10.2 Å². The van der Waals surface area contributed by atoms with Gasteiger partial charge in [-0.3, -0.25) is 4.72 Å². The molecule has 0 bridgehead atoms. The molecule has 220 valence electrons. The number of nitrogens with zero attached hydrogens (tertiary/aromatic N) is 4. The second kappa shape index (κ2) is 12.3. The Bertz CT molecular complexity index is 1870. The van der Waals surface area contributed by atoms with Gasteiger partial charge in [-0.2, -0.15) is 0 Å². The summed E-state index contributed by atoms with van der Waals surface area (Å²) in [5.41, 5.74) is 6.09. The summed E-state index contributed by atoms with van der Waals surface area (Å²) in [7, 11) is -4.31. The summed E-state index contributed by atoms with van der Waals surface area (Å²) in [6.07, 6.45) is 1.76. The minimum atomic E-state index is -4.31. The highest BCUT2D eigenvalue weighted by atomic mass is 35.5. The SMILES string of the molecule is Cc1ccc(-c2ccc(Oc3cc(F)c(S(=O)(=O)Nc4nncs4)cc3Cl)c(-c3ccnc(N4CCNCC4)c3)c2)cc1. The van der Waals surface area contributed by atoms with Crippen LogP contribution in [0.2, 0.25) is 5.02 Å². The first-order valence-corrected chi connectivity index (χ1v) is 16.1. The Kier molecular flexibility index (Phi) is 8.26. The lowest BCUT2D eigenvalue weighted by Crippen LogP contribution is -2.43. The first-order valence-electron chi connectivity index (χ1n) is 13.4. The van der Waals surface area contributed by atoms with E-state index in [0.29, 0.717) is 5.75 Å². The summed E-state index contributed by atoms with van der Waals surface area (Å²) >= 11 is 7.44. The van der Waals surface area contributed by atoms with E-state index in [4.69, 9.17) is 16.3 Å². The average molecular weight is 637 g/mol. The number of sulfonamides is 1. The van der Waals surface area contributed by atoms with Crippen molar-refractivity contribution in [3.8, 4) is 33.8 Å². The number of piperazine rings is 1. The maximum absolute atomic E-state index is 15.2. The van der Waals surface area contributed by atoms with Gasteiger partial charge in [-0.25, -0.2) is 17.8 Å². The molecule has 1 fully saturated rings. The van der Waals surface area contributed by atoms with E-state index in [0.717, 1.165) is 83.3 Å². The predicted molar refractivity (Wildman–Crippen MR) is 167 cm³/mol. The summed E-state index contributed by atoms with van der Waals surface area (Å²) in [6, 6.07) is 19.8. The highest BCUT2D eigenvalue weighted by molar-refractivity contribution is 7.93. The van der Waals surface area contributed by atoms with Crippen LogP contribution < -0.4 is 19.7 Å². The molecule has 1 aliphatic heterocycles. The van der Waals surface area contributed by atoms with Gasteiger partial charge < -0.3 is 15.0 Å². The van der Waals surface area contributed by atoms with Crippen LogP contribution in [0.1, 0.15) is 5.56 Å². The Morgan fingerprint density at radius 2 is 1.74 bits per heavy atom. The second-order valence-electron chi connectivity index (χ2n) is 9.88. The Hall–Kier alpha value is -4.10. The Balaban J connectivity index is 1.38. The summed E-state index contributed by atoms with van der Waals surface area (Å²) < 4.78 is 49.3. The number of nitrogens with one attached hydrogen (secondary N) is 2. The minimum absolute atomic E-state index is 0.00620. The lowest BCUT2D eigenvalue weighted by Gasteiger charge is -2.28. The fourth-order valence-electron chi connectivity index (χ4n) is 4.72. The topological polar surface area (TPSA) is 109 Å². The number of hydrogen-bond acceptors (Lipinski definition) is 9. The monoisotopic (exact) mass is 636 g/mol. The molecule has 1 saturated heterocycles.